The summed E-state index contributed by atoms with van der Waals surface area (Å²) in [6.07, 6.45) is 3.36. The summed E-state index contributed by atoms with van der Waals surface area (Å²) in [6.45, 7) is 7.18. The first-order chi connectivity index (χ1) is 7.88. The fourth-order valence-corrected chi connectivity index (χ4v) is 2.52. The molecule has 0 amide bonds. The minimum absolute atomic E-state index is 0.520. The van der Waals surface area contributed by atoms with Crippen molar-refractivity contribution in [3.05, 3.63) is 22.4 Å². The largest absolute Gasteiger partial charge is 0.381 e. The van der Waals surface area contributed by atoms with Gasteiger partial charge in [0.05, 0.1) is 0 Å². The van der Waals surface area contributed by atoms with E-state index in [0.29, 0.717) is 6.04 Å². The Bertz CT molecular complexity index is 248. The van der Waals surface area contributed by atoms with Gasteiger partial charge in [-0.1, -0.05) is 19.9 Å². The van der Waals surface area contributed by atoms with E-state index in [-0.39, 0.29) is 0 Å². The Kier molecular flexibility index (Phi) is 7.47. The van der Waals surface area contributed by atoms with Crippen molar-refractivity contribution in [2.75, 3.05) is 19.8 Å². The van der Waals surface area contributed by atoms with Crippen LogP contribution in [0.4, 0.5) is 0 Å². The molecule has 3 heteroatoms. The highest BCUT2D eigenvalue weighted by Gasteiger charge is 2.08. The molecule has 0 spiro atoms. The lowest BCUT2D eigenvalue weighted by molar-refractivity contribution is 0.131. The van der Waals surface area contributed by atoms with Crippen LogP contribution in [0.25, 0.3) is 0 Å². The average molecular weight is 241 g/mol. The molecule has 0 bridgehead atoms. The lowest BCUT2D eigenvalue weighted by Crippen LogP contribution is -2.22. The van der Waals surface area contributed by atoms with Crippen molar-refractivity contribution < 1.29 is 4.74 Å². The van der Waals surface area contributed by atoms with Crippen LogP contribution in [0.2, 0.25) is 0 Å². The second-order valence-corrected chi connectivity index (χ2v) is 4.88. The minimum Gasteiger partial charge on any atom is -0.381 e. The van der Waals surface area contributed by atoms with Gasteiger partial charge in [-0.25, -0.2) is 0 Å². The van der Waals surface area contributed by atoms with E-state index < -0.39 is 0 Å². The van der Waals surface area contributed by atoms with E-state index in [0.717, 1.165) is 39.0 Å². The molecule has 0 saturated carbocycles. The molecule has 0 radical (unpaired) electrons. The summed E-state index contributed by atoms with van der Waals surface area (Å²) in [5.74, 6) is 0. The van der Waals surface area contributed by atoms with Gasteiger partial charge in [0, 0.05) is 24.1 Å². The van der Waals surface area contributed by atoms with Crippen molar-refractivity contribution in [2.24, 2.45) is 0 Å². The summed E-state index contributed by atoms with van der Waals surface area (Å²) in [6, 6.07) is 4.85. The van der Waals surface area contributed by atoms with Crippen LogP contribution < -0.4 is 5.32 Å². The SMILES string of the molecule is CCCOCCCNC(CC)c1cccs1. The third kappa shape index (κ3) is 5.10. The normalized spacial score (nSPS) is 12.9. The second-order valence-electron chi connectivity index (χ2n) is 3.90. The molecule has 92 valence electrons. The fraction of sp³-hybridized carbons (Fsp3) is 0.692. The summed E-state index contributed by atoms with van der Waals surface area (Å²) in [5, 5.41) is 5.72. The van der Waals surface area contributed by atoms with Gasteiger partial charge in [-0.3, -0.25) is 0 Å². The van der Waals surface area contributed by atoms with Crippen molar-refractivity contribution in [3.63, 3.8) is 0 Å². The first-order valence-electron chi connectivity index (χ1n) is 6.23. The maximum atomic E-state index is 5.45. The van der Waals surface area contributed by atoms with Gasteiger partial charge in [0.25, 0.3) is 0 Å². The highest BCUT2D eigenvalue weighted by Crippen LogP contribution is 2.21. The summed E-state index contributed by atoms with van der Waals surface area (Å²) in [7, 11) is 0. The van der Waals surface area contributed by atoms with Gasteiger partial charge in [0.2, 0.25) is 0 Å². The van der Waals surface area contributed by atoms with Crippen molar-refractivity contribution in [3.8, 4) is 0 Å². The van der Waals surface area contributed by atoms with E-state index in [1.54, 1.807) is 0 Å². The predicted molar refractivity (Wildman–Crippen MR) is 71.1 cm³/mol. The maximum absolute atomic E-state index is 5.45. The molecule has 1 atom stereocenters. The Morgan fingerprint density at radius 1 is 1.38 bits per heavy atom. The molecule has 0 fully saturated rings. The number of hydrogen-bond acceptors (Lipinski definition) is 3. The van der Waals surface area contributed by atoms with Crippen LogP contribution in [0.3, 0.4) is 0 Å². The summed E-state index contributed by atoms with van der Waals surface area (Å²) in [5.41, 5.74) is 0. The van der Waals surface area contributed by atoms with Crippen LogP contribution in [0.1, 0.15) is 44.0 Å². The third-order valence-corrected chi connectivity index (χ3v) is 3.49. The number of hydrogen-bond donors (Lipinski definition) is 1. The van der Waals surface area contributed by atoms with E-state index in [1.165, 1.54) is 4.88 Å². The van der Waals surface area contributed by atoms with Gasteiger partial charge in [0.15, 0.2) is 0 Å². The van der Waals surface area contributed by atoms with Gasteiger partial charge in [0.1, 0.15) is 0 Å². The van der Waals surface area contributed by atoms with Crippen molar-refractivity contribution in [1.82, 2.24) is 5.32 Å². The van der Waals surface area contributed by atoms with Crippen LogP contribution in [0.15, 0.2) is 17.5 Å². The molecule has 2 nitrogen and oxygen atoms in total. The van der Waals surface area contributed by atoms with E-state index in [4.69, 9.17) is 4.74 Å². The van der Waals surface area contributed by atoms with Gasteiger partial charge in [-0.2, -0.15) is 0 Å². The Balaban J connectivity index is 2.11. The standard InChI is InChI=1S/C13H23NOS/c1-3-9-15-10-6-8-14-12(4-2)13-7-5-11-16-13/h5,7,11-12,14H,3-4,6,8-10H2,1-2H3. The van der Waals surface area contributed by atoms with E-state index in [2.05, 4.69) is 36.7 Å². The first kappa shape index (κ1) is 13.7. The Morgan fingerprint density at radius 3 is 2.88 bits per heavy atom. The Hall–Kier alpha value is -0.380. The zero-order valence-corrected chi connectivity index (χ0v) is 11.2. The van der Waals surface area contributed by atoms with Crippen LogP contribution in [-0.4, -0.2) is 19.8 Å². The molecule has 1 heterocycles. The van der Waals surface area contributed by atoms with Crippen LogP contribution in [0.5, 0.6) is 0 Å². The second kappa shape index (κ2) is 8.74. The molecule has 1 N–H and O–H groups in total. The molecule has 1 unspecified atom stereocenters. The third-order valence-electron chi connectivity index (χ3n) is 2.50. The minimum atomic E-state index is 0.520. The molecule has 1 aromatic rings. The van der Waals surface area contributed by atoms with E-state index >= 15 is 0 Å². The lowest BCUT2D eigenvalue weighted by atomic mass is 10.2. The Morgan fingerprint density at radius 2 is 2.25 bits per heavy atom. The molecule has 16 heavy (non-hydrogen) atoms. The van der Waals surface area contributed by atoms with Gasteiger partial charge < -0.3 is 10.1 Å². The fourth-order valence-electron chi connectivity index (χ4n) is 1.63. The molecule has 1 rings (SSSR count). The summed E-state index contributed by atoms with van der Waals surface area (Å²) >= 11 is 1.83. The topological polar surface area (TPSA) is 21.3 Å². The Labute approximate surface area is 103 Å². The summed E-state index contributed by atoms with van der Waals surface area (Å²) < 4.78 is 5.45. The summed E-state index contributed by atoms with van der Waals surface area (Å²) in [4.78, 5) is 1.44. The average Bonchev–Trinajstić information content (AvgIpc) is 2.82. The smallest absolute Gasteiger partial charge is 0.0478 e. The van der Waals surface area contributed by atoms with Crippen LogP contribution in [-0.2, 0) is 4.74 Å². The quantitative estimate of drug-likeness (QED) is 0.667. The molecule has 0 aromatic carbocycles. The van der Waals surface area contributed by atoms with Crippen LogP contribution >= 0.6 is 11.3 Å². The lowest BCUT2D eigenvalue weighted by Gasteiger charge is -2.15. The van der Waals surface area contributed by atoms with Crippen LogP contribution in [0, 0.1) is 0 Å². The molecule has 0 aliphatic carbocycles. The maximum Gasteiger partial charge on any atom is 0.0478 e. The molecule has 0 aliphatic heterocycles. The zero-order chi connectivity index (χ0) is 11.6. The number of nitrogens with one attached hydrogen (secondary N) is 1. The zero-order valence-electron chi connectivity index (χ0n) is 10.4. The van der Waals surface area contributed by atoms with Gasteiger partial charge in [-0.15, -0.1) is 11.3 Å². The highest BCUT2D eigenvalue weighted by atomic mass is 32.1. The number of rotatable bonds is 9. The van der Waals surface area contributed by atoms with Crippen molar-refractivity contribution >= 4 is 11.3 Å². The van der Waals surface area contributed by atoms with Gasteiger partial charge >= 0.3 is 0 Å². The van der Waals surface area contributed by atoms with E-state index in [9.17, 15) is 0 Å². The highest BCUT2D eigenvalue weighted by molar-refractivity contribution is 7.10. The molecular formula is C13H23NOS. The predicted octanol–water partition coefficient (Wildman–Crippen LogP) is 3.61. The van der Waals surface area contributed by atoms with Crippen molar-refractivity contribution in [1.29, 1.82) is 0 Å². The number of ether oxygens (including phenoxy) is 1. The molecule has 0 aliphatic rings. The molecule has 1 aromatic heterocycles. The van der Waals surface area contributed by atoms with E-state index in [1.807, 2.05) is 11.3 Å². The van der Waals surface area contributed by atoms with Gasteiger partial charge in [-0.05, 0) is 37.3 Å². The monoisotopic (exact) mass is 241 g/mol. The molecular weight excluding hydrogens is 218 g/mol. The number of thiophene rings is 1. The van der Waals surface area contributed by atoms with Crippen molar-refractivity contribution in [2.45, 2.75) is 39.2 Å². The first-order valence-corrected chi connectivity index (χ1v) is 7.11. The molecule has 0 saturated heterocycles.